The summed E-state index contributed by atoms with van der Waals surface area (Å²) in [6, 6.07) is 12.6. The zero-order chi connectivity index (χ0) is 46.0. The number of aliphatic hydroxyl groups is 1. The van der Waals surface area contributed by atoms with Gasteiger partial charge in [0.25, 0.3) is 10.1 Å². The minimum Gasteiger partial charge on any atom is -0.396 e. The highest BCUT2D eigenvalue weighted by molar-refractivity contribution is 7.85. The summed E-state index contributed by atoms with van der Waals surface area (Å²) in [6.07, 6.45) is 21.2. The first-order valence-electron chi connectivity index (χ1n) is 21.5. The monoisotopic (exact) mass is 986 g/mol. The maximum absolute atomic E-state index is 11.0. The molecule has 2 aliphatic carbocycles. The Bertz CT molecular complexity index is 2500. The van der Waals surface area contributed by atoms with E-state index < -0.39 is 10.1 Å². The van der Waals surface area contributed by atoms with Crippen LogP contribution in [0.3, 0.4) is 0 Å². The highest BCUT2D eigenvalue weighted by Gasteiger charge is 2.23. The second kappa shape index (κ2) is 25.4. The highest BCUT2D eigenvalue weighted by Crippen LogP contribution is 2.29. The van der Waals surface area contributed by atoms with Gasteiger partial charge in [0.15, 0.2) is 10.3 Å². The standard InChI is InChI=1S/C22H27ClN6O3S.C21H25ClN6O.CH2Cl2/c1-33(30,31)32-11-9-16-13-26-22(27-14-16)25-12-15-2-5-18(6-3-15)28-19-7-4-17-8-10-24-21(23)20(17)29-19;22-20-19-16(7-9-23-20)3-6-18(28-19)27-17-4-1-14(2-5-17)11-24-21-25-12-15(8-10-29)13-26-21;2-1-3/h4,7-8,10,13-15,18H,2-3,5-6,9,11-12H2,1H3,(H,28,29)(H,25,26,27);3,6-7,9,12-14,17,29H,1-2,4-5,8,10-11H2,(H,27,28)(H,24,25,26);1H2. The van der Waals surface area contributed by atoms with Gasteiger partial charge < -0.3 is 26.4 Å². The predicted octanol–water partition coefficient (Wildman–Crippen LogP) is 8.79. The van der Waals surface area contributed by atoms with E-state index >= 15 is 0 Å². The number of aromatic nitrogens is 8. The minimum absolute atomic E-state index is 0.0882. The van der Waals surface area contributed by atoms with E-state index in [9.17, 15) is 8.42 Å². The maximum atomic E-state index is 11.0. The van der Waals surface area contributed by atoms with Crippen molar-refractivity contribution >= 4 is 102 Å². The molecular weight excluding hydrogens is 934 g/mol. The highest BCUT2D eigenvalue weighted by atomic mass is 35.5. The second-order valence-corrected chi connectivity index (χ2v) is 19.1. The Hall–Kier alpha value is -4.49. The van der Waals surface area contributed by atoms with Crippen molar-refractivity contribution in [2.45, 2.75) is 76.3 Å². The lowest BCUT2D eigenvalue weighted by Gasteiger charge is -2.29. The van der Waals surface area contributed by atoms with Crippen molar-refractivity contribution in [1.29, 1.82) is 0 Å². The summed E-state index contributed by atoms with van der Waals surface area (Å²) in [4.78, 5) is 34.7. The van der Waals surface area contributed by atoms with E-state index in [1.54, 1.807) is 37.2 Å². The minimum atomic E-state index is -3.42. The topological polar surface area (TPSA) is 215 Å². The van der Waals surface area contributed by atoms with Crippen LogP contribution >= 0.6 is 46.4 Å². The fourth-order valence-corrected chi connectivity index (χ4v) is 8.49. The number of hydrogen-bond acceptors (Lipinski definition) is 16. The molecule has 0 saturated heterocycles. The Morgan fingerprint density at radius 3 is 1.45 bits per heavy atom. The first kappa shape index (κ1) is 49.9. The Balaban J connectivity index is 0.000000205. The van der Waals surface area contributed by atoms with Crippen molar-refractivity contribution in [2.75, 3.05) is 59.2 Å². The number of rotatable bonds is 16. The molecule has 8 rings (SSSR count). The molecule has 0 radical (unpaired) electrons. The molecule has 0 bridgehead atoms. The quantitative estimate of drug-likeness (QED) is 0.0348. The maximum Gasteiger partial charge on any atom is 0.264 e. The van der Waals surface area contributed by atoms with Gasteiger partial charge in [-0.1, -0.05) is 23.2 Å². The van der Waals surface area contributed by atoms with Gasteiger partial charge in [0, 0.05) is 86.2 Å². The van der Waals surface area contributed by atoms with Gasteiger partial charge in [-0.25, -0.2) is 39.9 Å². The molecule has 0 aliphatic heterocycles. The Kier molecular flexibility index (Phi) is 19.5. The van der Waals surface area contributed by atoms with Crippen molar-refractivity contribution in [3.8, 4) is 0 Å². The van der Waals surface area contributed by atoms with E-state index in [1.807, 2.05) is 36.4 Å². The molecule has 348 valence electrons. The van der Waals surface area contributed by atoms with Crippen LogP contribution in [0, 0.1) is 11.8 Å². The molecule has 0 unspecified atom stereocenters. The van der Waals surface area contributed by atoms with Crippen LogP contribution < -0.4 is 21.3 Å². The molecule has 6 heterocycles. The van der Waals surface area contributed by atoms with E-state index in [1.165, 1.54) is 0 Å². The van der Waals surface area contributed by atoms with Gasteiger partial charge in [0.1, 0.15) is 22.7 Å². The lowest BCUT2D eigenvalue weighted by Crippen LogP contribution is -2.29. The summed E-state index contributed by atoms with van der Waals surface area (Å²) in [5.41, 5.74) is 3.23. The SMILES string of the molecule is CS(=O)(=O)OCCc1cnc(NCC2CCC(Nc3ccc4ccnc(Cl)c4n3)CC2)nc1.ClCCl.OCCc1cnc(NCC2CCC(Nc3ccc4ccnc(Cl)c4n3)CC2)nc1. The van der Waals surface area contributed by atoms with E-state index in [4.69, 9.17) is 55.7 Å². The van der Waals surface area contributed by atoms with Crippen LogP contribution in [0.1, 0.15) is 62.5 Å². The van der Waals surface area contributed by atoms with Crippen LogP contribution in [0.5, 0.6) is 0 Å². The molecule has 6 aromatic heterocycles. The summed E-state index contributed by atoms with van der Waals surface area (Å²) in [5.74, 6) is 4.07. The summed E-state index contributed by atoms with van der Waals surface area (Å²) < 4.78 is 26.8. The zero-order valence-corrected chi connectivity index (χ0v) is 39.9. The van der Waals surface area contributed by atoms with Crippen molar-refractivity contribution in [3.63, 3.8) is 0 Å². The molecule has 65 heavy (non-hydrogen) atoms. The first-order valence-corrected chi connectivity index (χ1v) is 25.1. The third kappa shape index (κ3) is 16.4. The van der Waals surface area contributed by atoms with Gasteiger partial charge in [0.2, 0.25) is 11.9 Å². The van der Waals surface area contributed by atoms with Crippen LogP contribution in [0.4, 0.5) is 23.5 Å². The number of hydrogen-bond donors (Lipinski definition) is 5. The van der Waals surface area contributed by atoms with Gasteiger partial charge in [-0.05, 0) is 117 Å². The molecule has 2 saturated carbocycles. The molecule has 2 aliphatic rings. The number of aliphatic hydroxyl groups excluding tert-OH is 1. The summed E-state index contributed by atoms with van der Waals surface area (Å²) >= 11 is 21.9. The van der Waals surface area contributed by atoms with Gasteiger partial charge in [-0.15, -0.1) is 23.2 Å². The normalized spacial score (nSPS) is 18.4. The van der Waals surface area contributed by atoms with Crippen LogP contribution in [-0.4, -0.2) is 103 Å². The summed E-state index contributed by atoms with van der Waals surface area (Å²) in [5, 5.41) is 25.7. The first-order chi connectivity index (χ1) is 31.5. The van der Waals surface area contributed by atoms with Gasteiger partial charge in [0.05, 0.1) is 18.2 Å². The van der Waals surface area contributed by atoms with Crippen LogP contribution in [-0.2, 0) is 27.1 Å². The molecule has 6 aromatic rings. The van der Waals surface area contributed by atoms with E-state index in [0.29, 0.717) is 59.0 Å². The van der Waals surface area contributed by atoms with Crippen molar-refractivity contribution in [2.24, 2.45) is 11.8 Å². The van der Waals surface area contributed by atoms with Gasteiger partial charge >= 0.3 is 0 Å². The number of halogens is 4. The zero-order valence-electron chi connectivity index (χ0n) is 36.0. The lowest BCUT2D eigenvalue weighted by molar-refractivity contribution is 0.299. The number of pyridine rings is 4. The smallest absolute Gasteiger partial charge is 0.264 e. The van der Waals surface area contributed by atoms with Gasteiger partial charge in [-0.2, -0.15) is 8.42 Å². The van der Waals surface area contributed by atoms with E-state index in [0.717, 1.165) is 115 Å². The Morgan fingerprint density at radius 1 is 0.631 bits per heavy atom. The Morgan fingerprint density at radius 2 is 1.05 bits per heavy atom. The third-order valence-corrected chi connectivity index (χ3v) is 12.3. The van der Waals surface area contributed by atoms with Crippen molar-refractivity contribution in [3.05, 3.63) is 95.0 Å². The number of alkyl halides is 2. The molecule has 0 atom stereocenters. The molecule has 0 amide bonds. The third-order valence-electron chi connectivity index (χ3n) is 11.1. The lowest BCUT2D eigenvalue weighted by atomic mass is 9.86. The molecule has 2 fully saturated rings. The Labute approximate surface area is 399 Å². The van der Waals surface area contributed by atoms with Crippen LogP contribution in [0.15, 0.2) is 73.6 Å². The fraction of sp³-hybridized carbons (Fsp3) is 0.455. The number of nitrogens with zero attached hydrogens (tertiary/aromatic N) is 8. The average molecular weight is 989 g/mol. The number of anilines is 4. The predicted molar refractivity (Wildman–Crippen MR) is 261 cm³/mol. The number of nitrogens with one attached hydrogen (secondary N) is 4. The summed E-state index contributed by atoms with van der Waals surface area (Å²) in [6.45, 7) is 1.90. The van der Waals surface area contributed by atoms with Crippen LogP contribution in [0.25, 0.3) is 21.8 Å². The van der Waals surface area contributed by atoms with E-state index in [2.05, 4.69) is 61.1 Å². The van der Waals surface area contributed by atoms with E-state index in [-0.39, 0.29) is 18.6 Å². The molecule has 5 N–H and O–H groups in total. The number of fused-ring (bicyclic) bond motifs is 2. The van der Waals surface area contributed by atoms with Crippen molar-refractivity contribution in [1.82, 2.24) is 39.9 Å². The molecular formula is C44H54Cl4N12O4S. The molecule has 16 nitrogen and oxygen atoms in total. The molecule has 0 aromatic carbocycles. The van der Waals surface area contributed by atoms with Gasteiger partial charge in [-0.3, -0.25) is 4.18 Å². The fourth-order valence-electron chi connectivity index (χ4n) is 7.69. The molecule has 21 heteroatoms. The van der Waals surface area contributed by atoms with Crippen molar-refractivity contribution < 1.29 is 17.7 Å². The second-order valence-electron chi connectivity index (χ2n) is 15.9. The summed E-state index contributed by atoms with van der Waals surface area (Å²) in [7, 11) is -3.42. The molecule has 0 spiro atoms. The largest absolute Gasteiger partial charge is 0.396 e. The van der Waals surface area contributed by atoms with Crippen LogP contribution in [0.2, 0.25) is 10.3 Å². The average Bonchev–Trinajstić information content (AvgIpc) is 3.30.